The van der Waals surface area contributed by atoms with Gasteiger partial charge in [0.15, 0.2) is 0 Å². The molecular weight excluding hydrogens is 292 g/mol. The topological polar surface area (TPSA) is 85.4 Å². The first-order valence-corrected chi connectivity index (χ1v) is 7.20. The molecule has 116 valence electrons. The van der Waals surface area contributed by atoms with Crippen LogP contribution in [0.5, 0.6) is 11.6 Å². The molecule has 1 unspecified atom stereocenters. The van der Waals surface area contributed by atoms with Crippen molar-refractivity contribution in [3.63, 3.8) is 0 Å². The molecule has 0 spiro atoms. The average Bonchev–Trinajstić information content (AvgIpc) is 2.54. The van der Waals surface area contributed by atoms with Crippen LogP contribution in [0.25, 0.3) is 10.9 Å². The van der Waals surface area contributed by atoms with Crippen molar-refractivity contribution < 1.29 is 14.6 Å². The molecule has 1 aromatic heterocycles. The summed E-state index contributed by atoms with van der Waals surface area (Å²) in [6.45, 7) is 1.94. The summed E-state index contributed by atoms with van der Waals surface area (Å²) in [6, 6.07) is 15.7. The van der Waals surface area contributed by atoms with Crippen LogP contribution in [-0.4, -0.2) is 16.1 Å². The summed E-state index contributed by atoms with van der Waals surface area (Å²) < 4.78 is 5.67. The number of benzene rings is 2. The van der Waals surface area contributed by atoms with E-state index in [9.17, 15) is 4.79 Å². The molecular formula is C18H16N2O3. The fraction of sp³-hybridized carbons (Fsp3) is 0.111. The number of aromatic carboxylic acids is 1. The maximum atomic E-state index is 10.8. The van der Waals surface area contributed by atoms with Crippen LogP contribution in [0.2, 0.25) is 0 Å². The highest BCUT2D eigenvalue weighted by molar-refractivity contribution is 5.87. The van der Waals surface area contributed by atoms with Gasteiger partial charge in [0.05, 0.1) is 11.1 Å². The fourth-order valence-corrected chi connectivity index (χ4v) is 2.25. The van der Waals surface area contributed by atoms with Crippen molar-refractivity contribution >= 4 is 16.9 Å². The molecule has 0 fully saturated rings. The minimum atomic E-state index is -0.967. The van der Waals surface area contributed by atoms with Crippen molar-refractivity contribution in [2.45, 2.75) is 13.0 Å². The van der Waals surface area contributed by atoms with E-state index in [1.54, 1.807) is 18.2 Å². The van der Waals surface area contributed by atoms with Gasteiger partial charge >= 0.3 is 5.97 Å². The van der Waals surface area contributed by atoms with Crippen LogP contribution in [0.1, 0.15) is 28.9 Å². The third-order valence-electron chi connectivity index (χ3n) is 3.54. The number of fused-ring (bicyclic) bond motifs is 1. The Labute approximate surface area is 133 Å². The van der Waals surface area contributed by atoms with Gasteiger partial charge in [0, 0.05) is 17.5 Å². The molecule has 0 radical (unpaired) electrons. The number of carbonyl (C=O) groups is 1. The number of hydrogen-bond acceptors (Lipinski definition) is 4. The Morgan fingerprint density at radius 2 is 1.87 bits per heavy atom. The second-order valence-electron chi connectivity index (χ2n) is 5.32. The van der Waals surface area contributed by atoms with Crippen molar-refractivity contribution in [2.24, 2.45) is 5.73 Å². The number of carboxylic acids is 1. The highest BCUT2D eigenvalue weighted by Crippen LogP contribution is 2.24. The first-order valence-electron chi connectivity index (χ1n) is 7.20. The van der Waals surface area contributed by atoms with Crippen molar-refractivity contribution in [1.29, 1.82) is 0 Å². The number of nitrogens with two attached hydrogens (primary N) is 1. The van der Waals surface area contributed by atoms with E-state index in [-0.39, 0.29) is 11.6 Å². The normalized spacial score (nSPS) is 12.1. The zero-order chi connectivity index (χ0) is 16.4. The van der Waals surface area contributed by atoms with Crippen LogP contribution in [0.4, 0.5) is 0 Å². The lowest BCUT2D eigenvalue weighted by Crippen LogP contribution is -2.04. The van der Waals surface area contributed by atoms with Gasteiger partial charge in [-0.05, 0) is 55.0 Å². The summed E-state index contributed by atoms with van der Waals surface area (Å²) in [5.41, 5.74) is 7.97. The van der Waals surface area contributed by atoms with Crippen molar-refractivity contribution in [1.82, 2.24) is 4.98 Å². The second kappa shape index (κ2) is 6.06. The van der Waals surface area contributed by atoms with Crippen LogP contribution >= 0.6 is 0 Å². The second-order valence-corrected chi connectivity index (χ2v) is 5.32. The Morgan fingerprint density at radius 1 is 1.13 bits per heavy atom. The van der Waals surface area contributed by atoms with Crippen molar-refractivity contribution in [3.8, 4) is 11.6 Å². The number of pyridine rings is 1. The molecule has 5 heteroatoms. The van der Waals surface area contributed by atoms with E-state index in [1.807, 2.05) is 31.2 Å². The number of hydrogen-bond donors (Lipinski definition) is 2. The lowest BCUT2D eigenvalue weighted by atomic mass is 10.1. The van der Waals surface area contributed by atoms with Crippen LogP contribution in [0, 0.1) is 0 Å². The van der Waals surface area contributed by atoms with Crippen LogP contribution < -0.4 is 10.5 Å². The predicted octanol–water partition coefficient (Wildman–Crippen LogP) is 3.75. The van der Waals surface area contributed by atoms with E-state index in [0.717, 1.165) is 16.5 Å². The molecule has 3 aromatic rings. The molecule has 2 aromatic carbocycles. The van der Waals surface area contributed by atoms with Gasteiger partial charge < -0.3 is 15.6 Å². The van der Waals surface area contributed by atoms with E-state index >= 15 is 0 Å². The van der Waals surface area contributed by atoms with Crippen LogP contribution in [0.15, 0.2) is 54.6 Å². The summed E-state index contributed by atoms with van der Waals surface area (Å²) in [6.07, 6.45) is 0. The number of carboxylic acid groups (broad SMARTS) is 1. The highest BCUT2D eigenvalue weighted by atomic mass is 16.5. The van der Waals surface area contributed by atoms with Gasteiger partial charge in [-0.2, -0.15) is 0 Å². The zero-order valence-corrected chi connectivity index (χ0v) is 12.6. The summed E-state index contributed by atoms with van der Waals surface area (Å²) >= 11 is 0. The summed E-state index contributed by atoms with van der Waals surface area (Å²) in [7, 11) is 0. The Bertz CT molecular complexity index is 858. The van der Waals surface area contributed by atoms with Crippen LogP contribution in [0.3, 0.4) is 0 Å². The lowest BCUT2D eigenvalue weighted by molar-refractivity contribution is 0.0697. The number of aromatic nitrogens is 1. The highest BCUT2D eigenvalue weighted by Gasteiger charge is 2.06. The maximum absolute atomic E-state index is 10.8. The third-order valence-corrected chi connectivity index (χ3v) is 3.54. The van der Waals surface area contributed by atoms with E-state index in [2.05, 4.69) is 4.98 Å². The van der Waals surface area contributed by atoms with Gasteiger partial charge in [0.1, 0.15) is 5.75 Å². The molecule has 0 saturated carbocycles. The Kier molecular flexibility index (Phi) is 3.95. The van der Waals surface area contributed by atoms with Gasteiger partial charge in [0.2, 0.25) is 5.88 Å². The molecule has 0 aliphatic heterocycles. The smallest absolute Gasteiger partial charge is 0.335 e. The largest absolute Gasteiger partial charge is 0.478 e. The standard InChI is InChI=1S/C18H16N2O3/c1-11(19)13-4-8-16-14(10-13)5-9-17(20-16)23-15-6-2-12(3-7-15)18(21)22/h2-11H,19H2,1H3,(H,21,22). The Morgan fingerprint density at radius 3 is 2.52 bits per heavy atom. The monoisotopic (exact) mass is 308 g/mol. The lowest BCUT2D eigenvalue weighted by Gasteiger charge is -2.09. The molecule has 0 bridgehead atoms. The summed E-state index contributed by atoms with van der Waals surface area (Å²) in [4.78, 5) is 15.3. The van der Waals surface area contributed by atoms with Gasteiger partial charge in [-0.1, -0.05) is 6.07 Å². The SMILES string of the molecule is CC(N)c1ccc2nc(Oc3ccc(C(=O)O)cc3)ccc2c1. The molecule has 0 amide bonds. The van der Waals surface area contributed by atoms with Gasteiger partial charge in [-0.3, -0.25) is 0 Å². The van der Waals surface area contributed by atoms with E-state index < -0.39 is 5.97 Å². The summed E-state index contributed by atoms with van der Waals surface area (Å²) in [5, 5.41) is 9.88. The van der Waals surface area contributed by atoms with E-state index in [4.69, 9.17) is 15.6 Å². The van der Waals surface area contributed by atoms with E-state index in [0.29, 0.717) is 11.6 Å². The fourth-order valence-electron chi connectivity index (χ4n) is 2.25. The minimum Gasteiger partial charge on any atom is -0.478 e. The number of ether oxygens (including phenoxy) is 1. The van der Waals surface area contributed by atoms with Crippen molar-refractivity contribution in [3.05, 3.63) is 65.7 Å². The van der Waals surface area contributed by atoms with Gasteiger partial charge in [0.25, 0.3) is 0 Å². The molecule has 5 nitrogen and oxygen atoms in total. The molecule has 3 rings (SSSR count). The molecule has 0 aliphatic carbocycles. The predicted molar refractivity (Wildman–Crippen MR) is 87.8 cm³/mol. The zero-order valence-electron chi connectivity index (χ0n) is 12.6. The molecule has 0 saturated heterocycles. The average molecular weight is 308 g/mol. The molecule has 23 heavy (non-hydrogen) atoms. The number of nitrogens with zero attached hydrogens (tertiary/aromatic N) is 1. The first kappa shape index (κ1) is 15.0. The summed E-state index contributed by atoms with van der Waals surface area (Å²) in [5.74, 6) is 0.0217. The maximum Gasteiger partial charge on any atom is 0.335 e. The quantitative estimate of drug-likeness (QED) is 0.766. The van der Waals surface area contributed by atoms with Gasteiger partial charge in [-0.25, -0.2) is 9.78 Å². The Hall–Kier alpha value is -2.92. The first-order chi connectivity index (χ1) is 11.0. The van der Waals surface area contributed by atoms with E-state index in [1.165, 1.54) is 12.1 Å². The minimum absolute atomic E-state index is 0.0249. The van der Waals surface area contributed by atoms with Crippen molar-refractivity contribution in [2.75, 3.05) is 0 Å². The molecule has 3 N–H and O–H groups in total. The Balaban J connectivity index is 1.85. The molecule has 0 aliphatic rings. The number of rotatable bonds is 4. The third kappa shape index (κ3) is 3.30. The molecule has 1 heterocycles. The molecule has 1 atom stereocenters. The van der Waals surface area contributed by atoms with Gasteiger partial charge in [-0.15, -0.1) is 0 Å². The van der Waals surface area contributed by atoms with Crippen LogP contribution in [-0.2, 0) is 0 Å².